The lowest BCUT2D eigenvalue weighted by molar-refractivity contribution is 0.102. The van der Waals surface area contributed by atoms with Crippen LogP contribution in [0.2, 0.25) is 0 Å². The number of aromatic nitrogens is 3. The Morgan fingerprint density at radius 2 is 1.88 bits per heavy atom. The molecule has 0 aliphatic heterocycles. The van der Waals surface area contributed by atoms with Crippen LogP contribution in [0.5, 0.6) is 0 Å². The molecule has 0 bridgehead atoms. The molecular weight excluding hydrogens is 316 g/mol. The first-order valence-electron chi connectivity index (χ1n) is 7.99. The number of benzene rings is 1. The predicted molar refractivity (Wildman–Crippen MR) is 96.8 cm³/mol. The summed E-state index contributed by atoms with van der Waals surface area (Å²) in [5, 5.41) is 7.21. The van der Waals surface area contributed by atoms with Crippen LogP contribution in [0.4, 0.5) is 5.69 Å². The van der Waals surface area contributed by atoms with Crippen molar-refractivity contribution in [3.8, 4) is 0 Å². The number of pyridine rings is 1. The third-order valence-electron chi connectivity index (χ3n) is 4.13. The highest BCUT2D eigenvalue weighted by molar-refractivity contribution is 6.05. The largest absolute Gasteiger partial charge is 0.322 e. The highest BCUT2D eigenvalue weighted by atomic mass is 16.2. The van der Waals surface area contributed by atoms with E-state index in [1.54, 1.807) is 31.0 Å². The summed E-state index contributed by atoms with van der Waals surface area (Å²) in [6.45, 7) is 1.82. The number of nitrogens with zero attached hydrogens (tertiary/aromatic N) is 3. The highest BCUT2D eigenvalue weighted by Gasteiger charge is 2.16. The lowest BCUT2D eigenvalue weighted by atomic mass is 10.1. The number of nitrogens with one attached hydrogen (secondary N) is 1. The molecule has 1 aromatic carbocycles. The number of amides is 1. The Kier molecular flexibility index (Phi) is 4.52. The molecule has 0 saturated carbocycles. The summed E-state index contributed by atoms with van der Waals surface area (Å²) in [5.41, 5.74) is 3.39. The summed E-state index contributed by atoms with van der Waals surface area (Å²) in [7, 11) is 3.48. The van der Waals surface area contributed by atoms with Gasteiger partial charge in [0.2, 0.25) is 0 Å². The Bertz CT molecular complexity index is 971. The van der Waals surface area contributed by atoms with E-state index in [4.69, 9.17) is 0 Å². The van der Waals surface area contributed by atoms with Crippen molar-refractivity contribution in [2.75, 3.05) is 5.32 Å². The van der Waals surface area contributed by atoms with Gasteiger partial charge >= 0.3 is 0 Å². The first-order valence-corrected chi connectivity index (χ1v) is 7.99. The first-order chi connectivity index (χ1) is 11.9. The average molecular weight is 336 g/mol. The van der Waals surface area contributed by atoms with Gasteiger partial charge in [0.1, 0.15) is 0 Å². The van der Waals surface area contributed by atoms with Crippen LogP contribution in [0.1, 0.15) is 27.3 Å². The molecule has 1 amide bonds. The van der Waals surface area contributed by atoms with E-state index in [0.717, 1.165) is 11.3 Å². The van der Waals surface area contributed by atoms with Crippen LogP contribution in [0, 0.1) is 6.92 Å². The van der Waals surface area contributed by atoms with E-state index >= 15 is 0 Å². The molecule has 2 aromatic heterocycles. The Morgan fingerprint density at radius 1 is 1.16 bits per heavy atom. The Morgan fingerprint density at radius 3 is 2.56 bits per heavy atom. The second kappa shape index (κ2) is 6.76. The molecule has 0 fully saturated rings. The Hall–Kier alpha value is -3.15. The maximum Gasteiger partial charge on any atom is 0.259 e. The molecule has 0 radical (unpaired) electrons. The van der Waals surface area contributed by atoms with E-state index in [2.05, 4.69) is 10.4 Å². The first kappa shape index (κ1) is 16.7. The van der Waals surface area contributed by atoms with Gasteiger partial charge in [0.25, 0.3) is 11.5 Å². The maximum absolute atomic E-state index is 12.7. The summed E-state index contributed by atoms with van der Waals surface area (Å²) < 4.78 is 3.16. The smallest absolute Gasteiger partial charge is 0.259 e. The van der Waals surface area contributed by atoms with Crippen LogP contribution in [0.25, 0.3) is 0 Å². The normalized spacial score (nSPS) is 10.7. The van der Waals surface area contributed by atoms with Crippen molar-refractivity contribution in [2.24, 2.45) is 14.1 Å². The molecule has 2 heterocycles. The van der Waals surface area contributed by atoms with Gasteiger partial charge in [0.05, 0.1) is 11.3 Å². The van der Waals surface area contributed by atoms with E-state index in [9.17, 15) is 9.59 Å². The van der Waals surface area contributed by atoms with E-state index < -0.39 is 0 Å². The van der Waals surface area contributed by atoms with Gasteiger partial charge in [-0.25, -0.2) is 0 Å². The summed E-state index contributed by atoms with van der Waals surface area (Å²) in [6, 6.07) is 13.1. The van der Waals surface area contributed by atoms with Gasteiger partial charge in [0.15, 0.2) is 0 Å². The Balaban J connectivity index is 1.87. The molecule has 3 rings (SSSR count). The molecule has 1 N–H and O–H groups in total. The molecule has 0 saturated heterocycles. The quantitative estimate of drug-likeness (QED) is 0.795. The summed E-state index contributed by atoms with van der Waals surface area (Å²) in [4.78, 5) is 24.6. The zero-order valence-electron chi connectivity index (χ0n) is 14.5. The van der Waals surface area contributed by atoms with Crippen molar-refractivity contribution >= 4 is 11.6 Å². The molecule has 0 aliphatic carbocycles. The standard InChI is InChI=1S/C19H20N4O2/c1-13-9-15(11-18(24)23(13)3)20-19(25)16-12-22(2)21-17(16)10-14-7-5-4-6-8-14/h4-9,11-12H,10H2,1-3H3,(H,20,25). The van der Waals surface area contributed by atoms with E-state index in [1.807, 2.05) is 37.3 Å². The zero-order valence-corrected chi connectivity index (χ0v) is 14.5. The summed E-state index contributed by atoms with van der Waals surface area (Å²) >= 11 is 0. The molecule has 128 valence electrons. The highest BCUT2D eigenvalue weighted by Crippen LogP contribution is 2.15. The third-order valence-corrected chi connectivity index (χ3v) is 4.13. The van der Waals surface area contributed by atoms with Gasteiger partial charge in [0, 0.05) is 44.2 Å². The minimum Gasteiger partial charge on any atom is -0.322 e. The fourth-order valence-corrected chi connectivity index (χ4v) is 2.68. The fraction of sp³-hybridized carbons (Fsp3) is 0.211. The molecule has 3 aromatic rings. The minimum absolute atomic E-state index is 0.161. The van der Waals surface area contributed by atoms with Crippen LogP contribution in [0.15, 0.2) is 53.5 Å². The number of anilines is 1. The molecule has 0 aliphatic rings. The van der Waals surface area contributed by atoms with Crippen LogP contribution < -0.4 is 10.9 Å². The number of aryl methyl sites for hydroxylation is 2. The number of hydrogen-bond acceptors (Lipinski definition) is 3. The van der Waals surface area contributed by atoms with Crippen molar-refractivity contribution in [1.29, 1.82) is 0 Å². The van der Waals surface area contributed by atoms with Crippen molar-refractivity contribution in [3.63, 3.8) is 0 Å². The molecule has 6 heteroatoms. The van der Waals surface area contributed by atoms with Crippen molar-refractivity contribution in [1.82, 2.24) is 14.3 Å². The monoisotopic (exact) mass is 336 g/mol. The van der Waals surface area contributed by atoms with E-state index in [1.165, 1.54) is 10.6 Å². The van der Waals surface area contributed by atoms with Gasteiger partial charge in [-0.2, -0.15) is 5.10 Å². The van der Waals surface area contributed by atoms with Crippen LogP contribution in [-0.4, -0.2) is 20.3 Å². The Labute approximate surface area is 145 Å². The SMILES string of the molecule is Cc1cc(NC(=O)c2cn(C)nc2Cc2ccccc2)cc(=O)n1C. The minimum atomic E-state index is -0.272. The van der Waals surface area contributed by atoms with Gasteiger partial charge in [-0.05, 0) is 18.6 Å². The molecular formula is C19H20N4O2. The van der Waals surface area contributed by atoms with Gasteiger partial charge in [-0.15, -0.1) is 0 Å². The molecule has 0 unspecified atom stereocenters. The fourth-order valence-electron chi connectivity index (χ4n) is 2.68. The van der Waals surface area contributed by atoms with Crippen molar-refractivity contribution < 1.29 is 4.79 Å². The van der Waals surface area contributed by atoms with Crippen LogP contribution in [0.3, 0.4) is 0 Å². The van der Waals surface area contributed by atoms with Crippen molar-refractivity contribution in [3.05, 3.63) is 81.5 Å². The lowest BCUT2D eigenvalue weighted by Gasteiger charge is -2.08. The maximum atomic E-state index is 12.7. The predicted octanol–water partition coefficient (Wildman–Crippen LogP) is 2.27. The number of hydrogen-bond donors (Lipinski definition) is 1. The van der Waals surface area contributed by atoms with Crippen LogP contribution >= 0.6 is 0 Å². The topological polar surface area (TPSA) is 68.9 Å². The molecule has 0 atom stereocenters. The summed E-state index contributed by atoms with van der Waals surface area (Å²) in [6.07, 6.45) is 2.27. The summed E-state index contributed by atoms with van der Waals surface area (Å²) in [5.74, 6) is -0.272. The van der Waals surface area contributed by atoms with Crippen molar-refractivity contribution in [2.45, 2.75) is 13.3 Å². The van der Waals surface area contributed by atoms with E-state index in [-0.39, 0.29) is 11.5 Å². The van der Waals surface area contributed by atoms with Crippen LogP contribution in [-0.2, 0) is 20.5 Å². The van der Waals surface area contributed by atoms with E-state index in [0.29, 0.717) is 23.4 Å². The van der Waals surface area contributed by atoms with Gasteiger partial charge < -0.3 is 9.88 Å². The number of carbonyl (C=O) groups excluding carboxylic acids is 1. The second-order valence-corrected chi connectivity index (χ2v) is 6.06. The van der Waals surface area contributed by atoms with Gasteiger partial charge in [-0.1, -0.05) is 30.3 Å². The molecule has 6 nitrogen and oxygen atoms in total. The second-order valence-electron chi connectivity index (χ2n) is 6.06. The number of rotatable bonds is 4. The third kappa shape index (κ3) is 3.68. The van der Waals surface area contributed by atoms with Gasteiger partial charge in [-0.3, -0.25) is 14.3 Å². The average Bonchev–Trinajstić information content (AvgIpc) is 2.94. The number of carbonyl (C=O) groups is 1. The zero-order chi connectivity index (χ0) is 18.0. The lowest BCUT2D eigenvalue weighted by Crippen LogP contribution is -2.21. The molecule has 25 heavy (non-hydrogen) atoms. The molecule has 0 spiro atoms.